The summed E-state index contributed by atoms with van der Waals surface area (Å²) >= 11 is 0. The van der Waals surface area contributed by atoms with Crippen molar-refractivity contribution < 1.29 is 14.1 Å². The van der Waals surface area contributed by atoms with E-state index >= 15 is 0 Å². The van der Waals surface area contributed by atoms with Crippen molar-refractivity contribution in [2.24, 2.45) is 5.92 Å². The third-order valence-corrected chi connectivity index (χ3v) is 6.08. The Morgan fingerprint density at radius 3 is 2.48 bits per heavy atom. The van der Waals surface area contributed by atoms with E-state index in [1.54, 1.807) is 7.05 Å². The molecule has 0 unspecified atom stereocenters. The minimum atomic E-state index is -0.130. The lowest BCUT2D eigenvalue weighted by atomic mass is 9.90. The smallest absolute Gasteiger partial charge is 0.259 e. The van der Waals surface area contributed by atoms with Crippen LogP contribution < -0.4 is 5.32 Å². The highest BCUT2D eigenvalue weighted by Crippen LogP contribution is 2.42. The summed E-state index contributed by atoms with van der Waals surface area (Å²) in [5, 5.41) is 7.79. The number of amides is 2. The van der Waals surface area contributed by atoms with E-state index in [9.17, 15) is 9.59 Å². The molecule has 1 saturated heterocycles. The molecule has 1 N–H and O–H groups in total. The van der Waals surface area contributed by atoms with Crippen LogP contribution in [0.2, 0.25) is 0 Å². The third-order valence-electron chi connectivity index (χ3n) is 6.08. The van der Waals surface area contributed by atoms with Gasteiger partial charge in [-0.05, 0) is 44.6 Å². The lowest BCUT2D eigenvalue weighted by molar-refractivity contribution is -0.133. The van der Waals surface area contributed by atoms with E-state index in [2.05, 4.69) is 15.5 Å². The van der Waals surface area contributed by atoms with Gasteiger partial charge in [0.05, 0.1) is 16.6 Å². The maximum absolute atomic E-state index is 12.5. The van der Waals surface area contributed by atoms with Crippen LogP contribution in [0, 0.1) is 5.92 Å². The fourth-order valence-electron chi connectivity index (χ4n) is 4.13. The first-order chi connectivity index (χ1) is 13.2. The number of carbonyl (C=O) groups is 2. The number of nitrogens with zero attached hydrogens (tertiary/aromatic N) is 3. The van der Waals surface area contributed by atoms with Gasteiger partial charge in [-0.2, -0.15) is 0 Å². The predicted molar refractivity (Wildman–Crippen MR) is 98.4 cm³/mol. The van der Waals surface area contributed by atoms with Crippen molar-refractivity contribution in [2.75, 3.05) is 20.1 Å². The second-order valence-electron chi connectivity index (χ2n) is 8.07. The van der Waals surface area contributed by atoms with Gasteiger partial charge in [-0.25, -0.2) is 4.98 Å². The first-order valence-electron chi connectivity index (χ1n) is 9.96. The molecular formula is C20H24N4O3. The van der Waals surface area contributed by atoms with E-state index < -0.39 is 0 Å². The Balaban J connectivity index is 1.45. The molecule has 2 aliphatic carbocycles. The van der Waals surface area contributed by atoms with E-state index in [4.69, 9.17) is 4.52 Å². The molecule has 7 nitrogen and oxygen atoms in total. The Labute approximate surface area is 157 Å². The first kappa shape index (κ1) is 16.7. The average Bonchev–Trinajstić information content (AvgIpc) is 3.62. The molecule has 2 amide bonds. The standard InChI is InChI=1S/C20H24N4O3/c1-21-18(25)14-10-15(11-2-3-11)22-19-16(14)17(23-27-19)12-6-8-24(9-7-12)20(26)13-4-5-13/h10-13H,2-9H2,1H3,(H,21,25). The number of carbonyl (C=O) groups excluding carboxylic acids is 2. The molecule has 2 saturated carbocycles. The molecule has 27 heavy (non-hydrogen) atoms. The molecule has 0 bridgehead atoms. The van der Waals surface area contributed by atoms with Gasteiger partial charge in [-0.1, -0.05) is 5.16 Å². The topological polar surface area (TPSA) is 88.3 Å². The summed E-state index contributed by atoms with van der Waals surface area (Å²) in [5.74, 6) is 1.06. The Bertz CT molecular complexity index is 905. The third kappa shape index (κ3) is 2.99. The van der Waals surface area contributed by atoms with Gasteiger partial charge in [0, 0.05) is 43.6 Å². The lowest BCUT2D eigenvalue weighted by Crippen LogP contribution is -2.38. The Morgan fingerprint density at radius 2 is 1.85 bits per heavy atom. The van der Waals surface area contributed by atoms with Crippen molar-refractivity contribution in [3.8, 4) is 0 Å². The molecule has 5 rings (SSSR count). The highest BCUT2D eigenvalue weighted by atomic mass is 16.5. The van der Waals surface area contributed by atoms with Crippen LogP contribution in [0.15, 0.2) is 10.6 Å². The SMILES string of the molecule is CNC(=O)c1cc(C2CC2)nc2onc(C3CCN(C(=O)C4CC4)CC3)c12. The van der Waals surface area contributed by atoms with E-state index in [0.29, 0.717) is 23.1 Å². The lowest BCUT2D eigenvalue weighted by Gasteiger charge is -2.31. The molecule has 3 aliphatic rings. The first-order valence-corrected chi connectivity index (χ1v) is 9.96. The zero-order chi connectivity index (χ0) is 18.5. The Hall–Kier alpha value is -2.44. The summed E-state index contributed by atoms with van der Waals surface area (Å²) in [7, 11) is 1.64. The largest absolute Gasteiger partial charge is 0.355 e. The van der Waals surface area contributed by atoms with E-state index in [1.807, 2.05) is 11.0 Å². The van der Waals surface area contributed by atoms with Crippen molar-refractivity contribution in [1.29, 1.82) is 0 Å². The number of likely N-dealkylation sites (tertiary alicyclic amines) is 1. The molecule has 1 aliphatic heterocycles. The minimum Gasteiger partial charge on any atom is -0.355 e. The van der Waals surface area contributed by atoms with Gasteiger partial charge < -0.3 is 14.7 Å². The normalized spacial score (nSPS) is 20.9. The van der Waals surface area contributed by atoms with Crippen LogP contribution in [-0.4, -0.2) is 47.0 Å². The molecule has 3 heterocycles. The number of hydrogen-bond acceptors (Lipinski definition) is 5. The second kappa shape index (κ2) is 6.32. The molecule has 2 aromatic rings. The maximum Gasteiger partial charge on any atom is 0.259 e. The molecule has 7 heteroatoms. The molecule has 142 valence electrons. The molecule has 2 aromatic heterocycles. The number of nitrogens with one attached hydrogen (secondary N) is 1. The molecule has 0 radical (unpaired) electrons. The maximum atomic E-state index is 12.5. The zero-order valence-corrected chi connectivity index (χ0v) is 15.5. The predicted octanol–water partition coefficient (Wildman–Crippen LogP) is 2.58. The number of rotatable bonds is 4. The average molecular weight is 368 g/mol. The second-order valence-corrected chi connectivity index (χ2v) is 8.07. The number of hydrogen-bond donors (Lipinski definition) is 1. The van der Waals surface area contributed by atoms with E-state index in [1.165, 1.54) is 0 Å². The zero-order valence-electron chi connectivity index (χ0n) is 15.5. The van der Waals surface area contributed by atoms with Gasteiger partial charge in [-0.15, -0.1) is 0 Å². The van der Waals surface area contributed by atoms with Crippen LogP contribution in [0.25, 0.3) is 11.1 Å². The van der Waals surface area contributed by atoms with E-state index in [0.717, 1.165) is 68.4 Å². The Kier molecular flexibility index (Phi) is 3.91. The number of aromatic nitrogens is 2. The van der Waals surface area contributed by atoms with Crippen molar-refractivity contribution in [1.82, 2.24) is 20.4 Å². The summed E-state index contributed by atoms with van der Waals surface area (Å²) in [5.41, 5.74) is 2.81. The number of piperidine rings is 1. The van der Waals surface area contributed by atoms with Crippen molar-refractivity contribution >= 4 is 22.9 Å². The minimum absolute atomic E-state index is 0.130. The molecule has 3 fully saturated rings. The van der Waals surface area contributed by atoms with Crippen LogP contribution in [0.4, 0.5) is 0 Å². The van der Waals surface area contributed by atoms with Crippen LogP contribution >= 0.6 is 0 Å². The molecule has 0 atom stereocenters. The van der Waals surface area contributed by atoms with Gasteiger partial charge in [-0.3, -0.25) is 9.59 Å². The summed E-state index contributed by atoms with van der Waals surface area (Å²) in [6.45, 7) is 1.49. The van der Waals surface area contributed by atoms with Gasteiger partial charge in [0.15, 0.2) is 0 Å². The fourth-order valence-corrected chi connectivity index (χ4v) is 4.13. The molecule has 0 spiro atoms. The van der Waals surface area contributed by atoms with Crippen LogP contribution in [0.1, 0.15) is 72.1 Å². The van der Waals surface area contributed by atoms with Crippen LogP contribution in [0.3, 0.4) is 0 Å². The van der Waals surface area contributed by atoms with Crippen molar-refractivity contribution in [2.45, 2.75) is 50.4 Å². The van der Waals surface area contributed by atoms with Crippen molar-refractivity contribution in [3.63, 3.8) is 0 Å². The summed E-state index contributed by atoms with van der Waals surface area (Å²) in [6, 6.07) is 1.91. The quantitative estimate of drug-likeness (QED) is 0.896. The van der Waals surface area contributed by atoms with Crippen LogP contribution in [-0.2, 0) is 4.79 Å². The van der Waals surface area contributed by atoms with E-state index in [-0.39, 0.29) is 17.7 Å². The Morgan fingerprint density at radius 1 is 1.11 bits per heavy atom. The van der Waals surface area contributed by atoms with Gasteiger partial charge >= 0.3 is 0 Å². The summed E-state index contributed by atoms with van der Waals surface area (Å²) in [4.78, 5) is 31.4. The van der Waals surface area contributed by atoms with Gasteiger partial charge in [0.25, 0.3) is 11.6 Å². The van der Waals surface area contributed by atoms with Gasteiger partial charge in [0.1, 0.15) is 0 Å². The van der Waals surface area contributed by atoms with Gasteiger partial charge in [0.2, 0.25) is 5.91 Å². The number of fused-ring (bicyclic) bond motifs is 1. The van der Waals surface area contributed by atoms with Crippen LogP contribution in [0.5, 0.6) is 0 Å². The molecular weight excluding hydrogens is 344 g/mol. The summed E-state index contributed by atoms with van der Waals surface area (Å²) < 4.78 is 5.56. The fraction of sp³-hybridized carbons (Fsp3) is 0.600. The highest BCUT2D eigenvalue weighted by Gasteiger charge is 2.36. The summed E-state index contributed by atoms with van der Waals surface area (Å²) in [6.07, 6.45) is 5.99. The number of pyridine rings is 1. The highest BCUT2D eigenvalue weighted by molar-refractivity contribution is 6.06. The van der Waals surface area contributed by atoms with Crippen molar-refractivity contribution in [3.05, 3.63) is 23.0 Å². The monoisotopic (exact) mass is 368 g/mol. The molecule has 0 aromatic carbocycles.